The molecule has 186 valence electrons. The number of rotatable bonds is 9. The molecule has 3 aromatic rings. The fraction of sp³-hybridized carbons (Fsp3) is 0.269. The highest BCUT2D eigenvalue weighted by molar-refractivity contribution is 7.92. The van der Waals surface area contributed by atoms with Crippen LogP contribution in [0.5, 0.6) is 0 Å². The fourth-order valence-corrected chi connectivity index (χ4v) is 5.62. The summed E-state index contributed by atoms with van der Waals surface area (Å²) in [6, 6.07) is 14.3. The first-order chi connectivity index (χ1) is 16.5. The van der Waals surface area contributed by atoms with Crippen molar-refractivity contribution in [3.8, 4) is 0 Å². The number of benzene rings is 3. The minimum absolute atomic E-state index is 0.00682. The molecule has 0 unspecified atom stereocenters. The first-order valence-corrected chi connectivity index (χ1v) is 12.9. The smallest absolute Gasteiger partial charge is 0.264 e. The lowest BCUT2D eigenvalue weighted by molar-refractivity contribution is -0.121. The fourth-order valence-electron chi connectivity index (χ4n) is 3.86. The zero-order chi connectivity index (χ0) is 25.8. The maximum Gasteiger partial charge on any atom is 0.264 e. The standard InChI is InChI=1S/C26H27ClF2N2O3S/c1-17(2)30-26(32)15-8-19-6-4-5-7-23(19)18(3)31(25-16-21(28)11-14-24(25)29)35(33,34)22-12-9-20(27)10-13-22/h4-7,9-14,16-18H,8,15H2,1-3H3,(H,30,32)/t18-/m1/s1. The molecule has 0 spiro atoms. The molecule has 0 saturated heterocycles. The highest BCUT2D eigenvalue weighted by atomic mass is 35.5. The van der Waals surface area contributed by atoms with Crippen molar-refractivity contribution in [2.75, 3.05) is 4.31 Å². The van der Waals surface area contributed by atoms with Gasteiger partial charge in [-0.3, -0.25) is 9.10 Å². The third kappa shape index (κ3) is 6.38. The maximum absolute atomic E-state index is 14.9. The van der Waals surface area contributed by atoms with Crippen LogP contribution in [0.4, 0.5) is 14.5 Å². The van der Waals surface area contributed by atoms with E-state index in [1.165, 1.54) is 24.3 Å². The molecule has 9 heteroatoms. The summed E-state index contributed by atoms with van der Waals surface area (Å²) in [5, 5.41) is 3.17. The molecule has 3 rings (SSSR count). The lowest BCUT2D eigenvalue weighted by Crippen LogP contribution is -2.35. The van der Waals surface area contributed by atoms with Crippen molar-refractivity contribution < 1.29 is 22.0 Å². The lowest BCUT2D eigenvalue weighted by Gasteiger charge is -2.32. The van der Waals surface area contributed by atoms with Gasteiger partial charge in [0.1, 0.15) is 11.6 Å². The number of sulfonamides is 1. The Kier molecular flexibility index (Phi) is 8.51. The molecule has 0 aliphatic carbocycles. The van der Waals surface area contributed by atoms with Crippen molar-refractivity contribution in [1.82, 2.24) is 5.32 Å². The molecule has 0 aliphatic rings. The highest BCUT2D eigenvalue weighted by Gasteiger charge is 2.33. The molecule has 0 bridgehead atoms. The summed E-state index contributed by atoms with van der Waals surface area (Å²) in [6.45, 7) is 5.33. The molecule has 3 aromatic carbocycles. The summed E-state index contributed by atoms with van der Waals surface area (Å²) in [7, 11) is -4.33. The van der Waals surface area contributed by atoms with E-state index < -0.39 is 33.4 Å². The van der Waals surface area contributed by atoms with Gasteiger partial charge in [-0.15, -0.1) is 0 Å². The van der Waals surface area contributed by atoms with Gasteiger partial charge in [-0.25, -0.2) is 17.2 Å². The van der Waals surface area contributed by atoms with Crippen LogP contribution in [0.1, 0.15) is 44.4 Å². The SMILES string of the molecule is CC(C)NC(=O)CCc1ccccc1[C@@H](C)N(c1cc(F)ccc1F)S(=O)(=O)c1ccc(Cl)cc1. The topological polar surface area (TPSA) is 66.5 Å². The number of hydrogen-bond donors (Lipinski definition) is 1. The van der Waals surface area contributed by atoms with Gasteiger partial charge >= 0.3 is 0 Å². The van der Waals surface area contributed by atoms with E-state index in [-0.39, 0.29) is 23.3 Å². The summed E-state index contributed by atoms with van der Waals surface area (Å²) in [6.07, 6.45) is 0.541. The molecule has 0 heterocycles. The second-order valence-electron chi connectivity index (χ2n) is 8.45. The van der Waals surface area contributed by atoms with Gasteiger partial charge in [0.05, 0.1) is 16.6 Å². The van der Waals surface area contributed by atoms with Crippen LogP contribution in [-0.4, -0.2) is 20.4 Å². The molecular weight excluding hydrogens is 494 g/mol. The van der Waals surface area contributed by atoms with Crippen LogP contribution >= 0.6 is 11.6 Å². The number of aryl methyl sites for hydroxylation is 1. The van der Waals surface area contributed by atoms with Gasteiger partial charge in [-0.05, 0) is 74.7 Å². The second-order valence-corrected chi connectivity index (χ2v) is 10.7. The third-order valence-electron chi connectivity index (χ3n) is 5.44. The van der Waals surface area contributed by atoms with E-state index in [9.17, 15) is 22.0 Å². The number of anilines is 1. The molecule has 0 fully saturated rings. The second kappa shape index (κ2) is 11.2. The Hall–Kier alpha value is -2.97. The number of nitrogens with zero attached hydrogens (tertiary/aromatic N) is 1. The number of nitrogens with one attached hydrogen (secondary N) is 1. The molecular formula is C26H27ClF2N2O3S. The van der Waals surface area contributed by atoms with Crippen molar-refractivity contribution in [3.63, 3.8) is 0 Å². The largest absolute Gasteiger partial charge is 0.354 e. The van der Waals surface area contributed by atoms with E-state index >= 15 is 0 Å². The monoisotopic (exact) mass is 520 g/mol. The molecule has 1 atom stereocenters. The van der Waals surface area contributed by atoms with E-state index in [4.69, 9.17) is 11.6 Å². The quantitative estimate of drug-likeness (QED) is 0.374. The molecule has 0 saturated carbocycles. The molecule has 0 aliphatic heterocycles. The van der Waals surface area contributed by atoms with Gasteiger partial charge in [0.25, 0.3) is 10.0 Å². The summed E-state index contributed by atoms with van der Waals surface area (Å²) < 4.78 is 57.5. The summed E-state index contributed by atoms with van der Waals surface area (Å²) in [5.41, 5.74) is 0.887. The Morgan fingerprint density at radius 1 is 1.00 bits per heavy atom. The van der Waals surface area contributed by atoms with Crippen molar-refractivity contribution >= 4 is 33.2 Å². The first-order valence-electron chi connectivity index (χ1n) is 11.1. The van der Waals surface area contributed by atoms with E-state index in [0.717, 1.165) is 28.1 Å². The van der Waals surface area contributed by atoms with E-state index in [1.54, 1.807) is 31.2 Å². The molecule has 0 aromatic heterocycles. The lowest BCUT2D eigenvalue weighted by atomic mass is 9.97. The molecule has 0 radical (unpaired) electrons. The normalized spacial score (nSPS) is 12.4. The minimum atomic E-state index is -4.33. The summed E-state index contributed by atoms with van der Waals surface area (Å²) in [4.78, 5) is 12.1. The van der Waals surface area contributed by atoms with E-state index in [2.05, 4.69) is 5.32 Å². The van der Waals surface area contributed by atoms with Crippen molar-refractivity contribution in [2.24, 2.45) is 0 Å². The van der Waals surface area contributed by atoms with E-state index in [0.29, 0.717) is 17.0 Å². The number of carbonyl (C=O) groups excluding carboxylic acids is 1. The number of halogens is 3. The van der Waals surface area contributed by atoms with Gasteiger partial charge in [0.15, 0.2) is 0 Å². The number of hydrogen-bond acceptors (Lipinski definition) is 3. The van der Waals surface area contributed by atoms with Crippen LogP contribution in [-0.2, 0) is 21.2 Å². The Balaban J connectivity index is 2.09. The molecule has 35 heavy (non-hydrogen) atoms. The van der Waals surface area contributed by atoms with Crippen LogP contribution in [0.3, 0.4) is 0 Å². The van der Waals surface area contributed by atoms with Crippen LogP contribution in [0.15, 0.2) is 71.6 Å². The molecule has 5 nitrogen and oxygen atoms in total. The van der Waals surface area contributed by atoms with Crippen LogP contribution in [0.25, 0.3) is 0 Å². The Bertz CT molecular complexity index is 1300. The Labute approximate surface area is 209 Å². The number of amides is 1. The van der Waals surface area contributed by atoms with Gasteiger partial charge in [0.2, 0.25) is 5.91 Å². The van der Waals surface area contributed by atoms with Crippen molar-refractivity contribution in [1.29, 1.82) is 0 Å². The Morgan fingerprint density at radius 2 is 1.66 bits per heavy atom. The third-order valence-corrected chi connectivity index (χ3v) is 7.59. The predicted molar refractivity (Wildman–Crippen MR) is 134 cm³/mol. The number of carbonyl (C=O) groups is 1. The summed E-state index contributed by atoms with van der Waals surface area (Å²) >= 11 is 5.92. The van der Waals surface area contributed by atoms with Crippen molar-refractivity contribution in [3.05, 3.63) is 94.5 Å². The first kappa shape index (κ1) is 26.6. The summed E-state index contributed by atoms with van der Waals surface area (Å²) in [5.74, 6) is -1.79. The average molecular weight is 521 g/mol. The van der Waals surface area contributed by atoms with Crippen LogP contribution in [0.2, 0.25) is 5.02 Å². The molecule has 1 amide bonds. The van der Waals surface area contributed by atoms with Crippen LogP contribution in [0, 0.1) is 11.6 Å². The highest BCUT2D eigenvalue weighted by Crippen LogP contribution is 2.37. The maximum atomic E-state index is 14.9. The van der Waals surface area contributed by atoms with Gasteiger partial charge in [-0.1, -0.05) is 35.9 Å². The zero-order valence-corrected chi connectivity index (χ0v) is 21.2. The van der Waals surface area contributed by atoms with E-state index in [1.807, 2.05) is 13.8 Å². The molecule has 1 N–H and O–H groups in total. The zero-order valence-electron chi connectivity index (χ0n) is 19.6. The van der Waals surface area contributed by atoms with Gasteiger partial charge in [-0.2, -0.15) is 0 Å². The average Bonchev–Trinajstić information content (AvgIpc) is 2.80. The van der Waals surface area contributed by atoms with Gasteiger partial charge in [0, 0.05) is 23.6 Å². The van der Waals surface area contributed by atoms with Crippen LogP contribution < -0.4 is 9.62 Å². The predicted octanol–water partition coefficient (Wildman–Crippen LogP) is 6.03. The van der Waals surface area contributed by atoms with Crippen molar-refractivity contribution in [2.45, 2.75) is 50.6 Å². The van der Waals surface area contributed by atoms with Gasteiger partial charge < -0.3 is 5.32 Å². The minimum Gasteiger partial charge on any atom is -0.354 e. The Morgan fingerprint density at radius 3 is 2.31 bits per heavy atom.